The molecule has 0 aliphatic carbocycles. The van der Waals surface area contributed by atoms with Crippen LogP contribution in [0.25, 0.3) is 0 Å². The molecule has 2 aromatic heterocycles. The van der Waals surface area contributed by atoms with Gasteiger partial charge in [-0.3, -0.25) is 15.1 Å². The van der Waals surface area contributed by atoms with Gasteiger partial charge in [0.15, 0.2) is 5.13 Å². The third-order valence-corrected chi connectivity index (χ3v) is 4.50. The summed E-state index contributed by atoms with van der Waals surface area (Å²) in [7, 11) is 0. The molecule has 0 saturated carbocycles. The fourth-order valence-corrected chi connectivity index (χ4v) is 3.02. The van der Waals surface area contributed by atoms with E-state index < -0.39 is 0 Å². The zero-order chi connectivity index (χ0) is 16.2. The van der Waals surface area contributed by atoms with Crippen molar-refractivity contribution in [1.82, 2.24) is 15.0 Å². The van der Waals surface area contributed by atoms with Crippen molar-refractivity contribution >= 4 is 34.0 Å². The highest BCUT2D eigenvalue weighted by molar-refractivity contribution is 7.15. The molecule has 7 heteroatoms. The molecule has 0 radical (unpaired) electrons. The predicted molar refractivity (Wildman–Crippen MR) is 91.1 cm³/mol. The topological polar surface area (TPSA) is 67.8 Å². The van der Waals surface area contributed by atoms with Gasteiger partial charge in [0, 0.05) is 34.9 Å². The number of halogens is 1. The van der Waals surface area contributed by atoms with Crippen molar-refractivity contribution in [2.24, 2.45) is 0 Å². The number of nitrogens with zero attached hydrogens (tertiary/aromatic N) is 3. The minimum absolute atomic E-state index is 0.259. The van der Waals surface area contributed by atoms with Crippen LogP contribution in [0.3, 0.4) is 0 Å². The molecule has 0 spiro atoms. The van der Waals surface area contributed by atoms with Crippen molar-refractivity contribution in [2.45, 2.75) is 13.3 Å². The van der Waals surface area contributed by atoms with Gasteiger partial charge in [0.25, 0.3) is 5.91 Å². The molecular formula is C16H13ClN4OS. The maximum Gasteiger partial charge on any atom is 0.277 e. The van der Waals surface area contributed by atoms with Crippen molar-refractivity contribution in [2.75, 3.05) is 5.32 Å². The lowest BCUT2D eigenvalue weighted by Crippen LogP contribution is -2.13. The van der Waals surface area contributed by atoms with Crippen LogP contribution in [-0.4, -0.2) is 20.9 Å². The molecule has 2 heterocycles. The van der Waals surface area contributed by atoms with Gasteiger partial charge in [0.2, 0.25) is 0 Å². The number of carbonyl (C=O) groups excluding carboxylic acids is 1. The fraction of sp³-hybridized carbons (Fsp3) is 0.125. The second-order valence-electron chi connectivity index (χ2n) is 4.94. The standard InChI is InChI=1S/C16H13ClN4OS/c1-10-2-3-11(7-13(10)17)6-12-8-20-16(23-12)21-15(22)14-9-18-4-5-19-14/h2-5,7-9H,6H2,1H3,(H,20,21,22). The van der Waals surface area contributed by atoms with Gasteiger partial charge in [-0.2, -0.15) is 0 Å². The summed E-state index contributed by atoms with van der Waals surface area (Å²) in [5, 5.41) is 4.01. The Kier molecular flexibility index (Phi) is 4.64. The molecule has 0 fully saturated rings. The van der Waals surface area contributed by atoms with Crippen LogP contribution < -0.4 is 5.32 Å². The number of aryl methyl sites for hydroxylation is 1. The van der Waals surface area contributed by atoms with Gasteiger partial charge in [-0.05, 0) is 24.1 Å². The van der Waals surface area contributed by atoms with E-state index >= 15 is 0 Å². The molecule has 1 amide bonds. The summed E-state index contributed by atoms with van der Waals surface area (Å²) in [5.41, 5.74) is 2.42. The number of nitrogens with one attached hydrogen (secondary N) is 1. The van der Waals surface area contributed by atoms with Crippen molar-refractivity contribution in [1.29, 1.82) is 0 Å². The number of aromatic nitrogens is 3. The van der Waals surface area contributed by atoms with E-state index in [0.717, 1.165) is 27.4 Å². The highest BCUT2D eigenvalue weighted by Crippen LogP contribution is 2.24. The first-order valence-electron chi connectivity index (χ1n) is 6.89. The second kappa shape index (κ2) is 6.85. The summed E-state index contributed by atoms with van der Waals surface area (Å²) < 4.78 is 0. The van der Waals surface area contributed by atoms with E-state index in [9.17, 15) is 4.79 Å². The highest BCUT2D eigenvalue weighted by Gasteiger charge is 2.10. The smallest absolute Gasteiger partial charge is 0.277 e. The third kappa shape index (κ3) is 3.91. The van der Waals surface area contributed by atoms with Crippen LogP contribution in [0.5, 0.6) is 0 Å². The minimum atomic E-state index is -0.322. The summed E-state index contributed by atoms with van der Waals surface area (Å²) in [6.07, 6.45) is 6.88. The lowest BCUT2D eigenvalue weighted by molar-refractivity contribution is 0.102. The number of hydrogen-bond acceptors (Lipinski definition) is 5. The van der Waals surface area contributed by atoms with Crippen LogP contribution >= 0.6 is 22.9 Å². The fourth-order valence-electron chi connectivity index (χ4n) is 1.97. The van der Waals surface area contributed by atoms with Crippen molar-refractivity contribution < 1.29 is 4.79 Å². The largest absolute Gasteiger partial charge is 0.296 e. The summed E-state index contributed by atoms with van der Waals surface area (Å²) in [5.74, 6) is -0.322. The Labute approximate surface area is 142 Å². The number of carbonyl (C=O) groups is 1. The van der Waals surface area contributed by atoms with Crippen LogP contribution in [0.4, 0.5) is 5.13 Å². The average Bonchev–Trinajstić information content (AvgIpc) is 2.99. The lowest BCUT2D eigenvalue weighted by Gasteiger charge is -2.02. The SMILES string of the molecule is Cc1ccc(Cc2cnc(NC(=O)c3cnccn3)s2)cc1Cl. The van der Waals surface area contributed by atoms with Crippen molar-refractivity contribution in [3.63, 3.8) is 0 Å². The van der Waals surface area contributed by atoms with Crippen LogP contribution in [0, 0.1) is 6.92 Å². The zero-order valence-electron chi connectivity index (χ0n) is 12.3. The van der Waals surface area contributed by atoms with Gasteiger partial charge in [0.1, 0.15) is 5.69 Å². The van der Waals surface area contributed by atoms with E-state index in [-0.39, 0.29) is 11.6 Å². The molecule has 3 rings (SSSR count). The number of hydrogen-bond donors (Lipinski definition) is 1. The van der Waals surface area contributed by atoms with Crippen LogP contribution in [0.1, 0.15) is 26.5 Å². The normalized spacial score (nSPS) is 10.5. The van der Waals surface area contributed by atoms with Crippen LogP contribution in [-0.2, 0) is 6.42 Å². The van der Waals surface area contributed by atoms with Crippen molar-refractivity contribution in [3.05, 3.63) is 69.7 Å². The van der Waals surface area contributed by atoms with E-state index in [1.807, 2.05) is 25.1 Å². The predicted octanol–water partition coefficient (Wildman–Crippen LogP) is 3.74. The number of amides is 1. The first-order chi connectivity index (χ1) is 11.1. The molecule has 0 saturated heterocycles. The number of benzene rings is 1. The maximum atomic E-state index is 12.0. The van der Waals surface area contributed by atoms with Gasteiger partial charge in [0.05, 0.1) is 6.20 Å². The highest BCUT2D eigenvalue weighted by atomic mass is 35.5. The molecule has 3 aromatic rings. The van der Waals surface area contributed by atoms with Crippen LogP contribution in [0.2, 0.25) is 5.02 Å². The maximum absolute atomic E-state index is 12.0. The Morgan fingerprint density at radius 2 is 2.13 bits per heavy atom. The quantitative estimate of drug-likeness (QED) is 0.782. The average molecular weight is 345 g/mol. The molecule has 0 aliphatic heterocycles. The third-order valence-electron chi connectivity index (χ3n) is 3.18. The number of anilines is 1. The number of rotatable bonds is 4. The molecule has 0 aliphatic rings. The Balaban J connectivity index is 1.68. The monoisotopic (exact) mass is 344 g/mol. The first kappa shape index (κ1) is 15.6. The van der Waals surface area contributed by atoms with E-state index in [1.165, 1.54) is 29.9 Å². The first-order valence-corrected chi connectivity index (χ1v) is 8.08. The molecule has 0 bridgehead atoms. The second-order valence-corrected chi connectivity index (χ2v) is 6.46. The van der Waals surface area contributed by atoms with Gasteiger partial charge in [-0.25, -0.2) is 9.97 Å². The molecule has 1 aromatic carbocycles. The molecule has 23 heavy (non-hydrogen) atoms. The summed E-state index contributed by atoms with van der Waals surface area (Å²) in [4.78, 5) is 25.1. The summed E-state index contributed by atoms with van der Waals surface area (Å²) in [6.45, 7) is 1.97. The number of thiazole rings is 1. The molecule has 0 unspecified atom stereocenters. The van der Waals surface area contributed by atoms with E-state index in [0.29, 0.717) is 5.13 Å². The van der Waals surface area contributed by atoms with E-state index in [4.69, 9.17) is 11.6 Å². The minimum Gasteiger partial charge on any atom is -0.296 e. The molecule has 1 N–H and O–H groups in total. The summed E-state index contributed by atoms with van der Waals surface area (Å²) in [6, 6.07) is 5.99. The Bertz CT molecular complexity index is 835. The van der Waals surface area contributed by atoms with Gasteiger partial charge < -0.3 is 0 Å². The molecular weight excluding hydrogens is 332 g/mol. The molecule has 116 valence electrons. The Hall–Kier alpha value is -2.31. The summed E-state index contributed by atoms with van der Waals surface area (Å²) >= 11 is 7.57. The van der Waals surface area contributed by atoms with E-state index in [2.05, 4.69) is 20.3 Å². The Morgan fingerprint density at radius 3 is 2.87 bits per heavy atom. The zero-order valence-corrected chi connectivity index (χ0v) is 13.9. The Morgan fingerprint density at radius 1 is 1.26 bits per heavy atom. The lowest BCUT2D eigenvalue weighted by atomic mass is 10.1. The van der Waals surface area contributed by atoms with Crippen molar-refractivity contribution in [3.8, 4) is 0 Å². The molecule has 0 atom stereocenters. The molecule has 5 nitrogen and oxygen atoms in total. The van der Waals surface area contributed by atoms with Gasteiger partial charge in [-0.1, -0.05) is 23.7 Å². The van der Waals surface area contributed by atoms with Crippen LogP contribution in [0.15, 0.2) is 43.0 Å². The van der Waals surface area contributed by atoms with Gasteiger partial charge >= 0.3 is 0 Å². The van der Waals surface area contributed by atoms with Gasteiger partial charge in [-0.15, -0.1) is 11.3 Å². The van der Waals surface area contributed by atoms with E-state index in [1.54, 1.807) is 6.20 Å².